The van der Waals surface area contributed by atoms with E-state index in [2.05, 4.69) is 54.1 Å². The zero-order valence-electron chi connectivity index (χ0n) is 27.4. The quantitative estimate of drug-likeness (QED) is 0.181. The molecule has 4 aromatic heterocycles. The molecular formula is C33H42FN11O2. The van der Waals surface area contributed by atoms with Crippen LogP contribution in [0.5, 0.6) is 0 Å². The minimum absolute atomic E-state index is 0.192. The summed E-state index contributed by atoms with van der Waals surface area (Å²) in [7, 11) is 0. The van der Waals surface area contributed by atoms with Crippen LogP contribution in [0.1, 0.15) is 62.5 Å². The number of carbonyl (C=O) groups excluding carboxylic acids is 2. The first kappa shape index (κ1) is 32.4. The molecule has 2 unspecified atom stereocenters. The Morgan fingerprint density at radius 3 is 2.57 bits per heavy atom. The Kier molecular flexibility index (Phi) is 9.41. The molecule has 0 amide bonds. The number of hydrogen-bond acceptors (Lipinski definition) is 11. The number of aromatic nitrogens is 7. The summed E-state index contributed by atoms with van der Waals surface area (Å²) in [4.78, 5) is 46.9. The number of aryl methyl sites for hydroxylation is 2. The highest BCUT2D eigenvalue weighted by Crippen LogP contribution is 2.42. The molecule has 4 aromatic rings. The fourth-order valence-electron chi connectivity index (χ4n) is 7.12. The van der Waals surface area contributed by atoms with E-state index >= 15 is 0 Å². The van der Waals surface area contributed by atoms with Crippen molar-refractivity contribution >= 4 is 29.7 Å². The maximum atomic E-state index is 13.7. The summed E-state index contributed by atoms with van der Waals surface area (Å²) in [5, 5.41) is 14.5. The van der Waals surface area contributed by atoms with Gasteiger partial charge in [-0.3, -0.25) is 24.5 Å². The van der Waals surface area contributed by atoms with Crippen molar-refractivity contribution in [3.63, 3.8) is 0 Å². The number of unbranched alkanes of at least 4 members (excludes halogenated alkanes) is 1. The van der Waals surface area contributed by atoms with Gasteiger partial charge in [-0.2, -0.15) is 15.2 Å². The Morgan fingerprint density at radius 2 is 1.94 bits per heavy atom. The number of Topliss-reactive ketones (excluding diaryl/α,β-unsaturated/α-hetero) is 1. The fourth-order valence-corrected chi connectivity index (χ4v) is 7.12. The van der Waals surface area contributed by atoms with E-state index in [9.17, 15) is 14.0 Å². The average Bonchev–Trinajstić information content (AvgIpc) is 3.70. The smallest absolute Gasteiger partial charge is 0.227 e. The van der Waals surface area contributed by atoms with Crippen molar-refractivity contribution in [3.8, 4) is 5.82 Å². The zero-order chi connectivity index (χ0) is 33.1. The third-order valence-electron chi connectivity index (χ3n) is 9.52. The van der Waals surface area contributed by atoms with Crippen molar-refractivity contribution in [1.29, 1.82) is 0 Å². The first-order valence-corrected chi connectivity index (χ1v) is 16.3. The monoisotopic (exact) mass is 643 g/mol. The van der Waals surface area contributed by atoms with Crippen molar-refractivity contribution in [3.05, 3.63) is 65.6 Å². The van der Waals surface area contributed by atoms with Gasteiger partial charge in [-0.15, -0.1) is 0 Å². The number of H-pyrrole nitrogens is 1. The summed E-state index contributed by atoms with van der Waals surface area (Å²) in [6, 6.07) is 6.71. The maximum absolute atomic E-state index is 13.7. The van der Waals surface area contributed by atoms with Crippen LogP contribution >= 0.6 is 0 Å². The molecule has 0 aliphatic carbocycles. The first-order chi connectivity index (χ1) is 22.7. The highest BCUT2D eigenvalue weighted by molar-refractivity contribution is 6.28. The summed E-state index contributed by atoms with van der Waals surface area (Å²) >= 11 is 0. The van der Waals surface area contributed by atoms with Gasteiger partial charge in [-0.1, -0.05) is 19.4 Å². The number of carbonyl (C=O) groups is 2. The van der Waals surface area contributed by atoms with Crippen LogP contribution in [0.3, 0.4) is 0 Å². The van der Waals surface area contributed by atoms with Crippen LogP contribution in [0.4, 0.5) is 22.0 Å². The number of ketones is 1. The minimum atomic E-state index is -0.624. The summed E-state index contributed by atoms with van der Waals surface area (Å²) in [5.74, 6) is 1.62. The highest BCUT2D eigenvalue weighted by atomic mass is 19.1. The molecule has 2 atom stereocenters. The number of halogens is 1. The normalized spacial score (nSPS) is 19.2. The van der Waals surface area contributed by atoms with Gasteiger partial charge < -0.3 is 10.2 Å². The van der Waals surface area contributed by atoms with Gasteiger partial charge in [0.15, 0.2) is 23.7 Å². The minimum Gasteiger partial charge on any atom is -0.341 e. The van der Waals surface area contributed by atoms with Crippen LogP contribution < -0.4 is 10.2 Å². The van der Waals surface area contributed by atoms with E-state index in [1.807, 2.05) is 32.0 Å². The Hall–Kier alpha value is -4.56. The van der Waals surface area contributed by atoms with E-state index in [4.69, 9.17) is 9.97 Å². The lowest BCUT2D eigenvalue weighted by molar-refractivity contribution is -0.147. The molecule has 2 N–H and O–H groups in total. The number of anilines is 3. The number of aldehydes is 1. The molecule has 0 bridgehead atoms. The Morgan fingerprint density at radius 1 is 1.13 bits per heavy atom. The molecule has 2 saturated heterocycles. The third-order valence-corrected chi connectivity index (χ3v) is 9.52. The molecule has 0 aromatic carbocycles. The SMILES string of the molecule is CCCCN1CCN(C(C)c2ccc(-n3cc(F)cn3)nc2)C(C(=O)C=O)C12CCN(c1nc(C)cc(Nc3cc(C)[nH]n3)n1)CC2. The van der Waals surface area contributed by atoms with Crippen LogP contribution in [-0.2, 0) is 9.59 Å². The molecule has 1 spiro atoms. The molecule has 6 rings (SSSR count). The number of piperazine rings is 1. The second-order valence-electron chi connectivity index (χ2n) is 12.6. The van der Waals surface area contributed by atoms with Crippen molar-refractivity contribution < 1.29 is 14.0 Å². The van der Waals surface area contributed by atoms with Crippen LogP contribution in [0.15, 0.2) is 42.9 Å². The topological polar surface area (TPSA) is 141 Å². The summed E-state index contributed by atoms with van der Waals surface area (Å²) < 4.78 is 14.9. The first-order valence-electron chi connectivity index (χ1n) is 16.3. The van der Waals surface area contributed by atoms with Gasteiger partial charge in [-0.05, 0) is 58.2 Å². The number of aromatic amines is 1. The van der Waals surface area contributed by atoms with Crippen LogP contribution in [0.25, 0.3) is 5.82 Å². The van der Waals surface area contributed by atoms with Crippen LogP contribution in [0.2, 0.25) is 0 Å². The molecule has 2 aliphatic heterocycles. The molecule has 13 nitrogen and oxygen atoms in total. The lowest BCUT2D eigenvalue weighted by atomic mass is 9.74. The van der Waals surface area contributed by atoms with Crippen molar-refractivity contribution in [2.24, 2.45) is 0 Å². The molecule has 248 valence electrons. The second kappa shape index (κ2) is 13.7. The molecule has 0 saturated carbocycles. The van der Waals surface area contributed by atoms with E-state index in [1.54, 1.807) is 12.3 Å². The number of rotatable bonds is 11. The van der Waals surface area contributed by atoms with Gasteiger partial charge in [-0.25, -0.2) is 19.0 Å². The molecule has 2 fully saturated rings. The summed E-state index contributed by atoms with van der Waals surface area (Å²) in [5.41, 5.74) is 2.15. The van der Waals surface area contributed by atoms with Gasteiger partial charge in [0.05, 0.1) is 18.4 Å². The second-order valence-corrected chi connectivity index (χ2v) is 12.6. The number of piperidine rings is 1. The number of pyridine rings is 1. The average molecular weight is 644 g/mol. The lowest BCUT2D eigenvalue weighted by Crippen LogP contribution is -2.73. The Bertz CT molecular complexity index is 1700. The van der Waals surface area contributed by atoms with Crippen molar-refractivity contribution in [1.82, 2.24) is 44.7 Å². The van der Waals surface area contributed by atoms with E-state index in [1.165, 1.54) is 10.9 Å². The van der Waals surface area contributed by atoms with Gasteiger partial charge in [0.25, 0.3) is 0 Å². The van der Waals surface area contributed by atoms with Gasteiger partial charge >= 0.3 is 0 Å². The zero-order valence-corrected chi connectivity index (χ0v) is 27.4. The van der Waals surface area contributed by atoms with Gasteiger partial charge in [0.1, 0.15) is 5.82 Å². The van der Waals surface area contributed by atoms with Gasteiger partial charge in [0.2, 0.25) is 11.7 Å². The Balaban J connectivity index is 1.26. The molecule has 2 aliphatic rings. The maximum Gasteiger partial charge on any atom is 0.227 e. The largest absolute Gasteiger partial charge is 0.341 e. The van der Waals surface area contributed by atoms with E-state index in [0.29, 0.717) is 62.2 Å². The van der Waals surface area contributed by atoms with E-state index < -0.39 is 23.2 Å². The highest BCUT2D eigenvalue weighted by Gasteiger charge is 2.54. The molecule has 0 radical (unpaired) electrons. The standard InChI is InChI=1S/C33H42FN11O2/c1-5-6-11-43-14-15-44(24(4)25-7-8-30(35-18-25)45-20-26(34)19-36-45)31(27(47)21-46)33(43)9-12-42(13-10-33)32-37-22(2)16-28(39-32)38-29-17-23(3)40-41-29/h7-8,16-21,24,31H,5-6,9-15H2,1-4H3,(H2,37,38,39,40,41). The van der Waals surface area contributed by atoms with Crippen LogP contribution in [-0.4, -0.2) is 101 Å². The van der Waals surface area contributed by atoms with E-state index in [0.717, 1.165) is 49.1 Å². The van der Waals surface area contributed by atoms with Crippen molar-refractivity contribution in [2.75, 3.05) is 42.9 Å². The van der Waals surface area contributed by atoms with Crippen molar-refractivity contribution in [2.45, 2.75) is 71.0 Å². The van der Waals surface area contributed by atoms with E-state index in [-0.39, 0.29) is 6.04 Å². The number of nitrogens with one attached hydrogen (secondary N) is 2. The molecular weight excluding hydrogens is 601 g/mol. The van der Waals surface area contributed by atoms with Gasteiger partial charge in [0, 0.05) is 67.5 Å². The predicted octanol–water partition coefficient (Wildman–Crippen LogP) is 3.93. The predicted molar refractivity (Wildman–Crippen MR) is 175 cm³/mol. The number of nitrogens with zero attached hydrogens (tertiary/aromatic N) is 9. The molecule has 6 heterocycles. The van der Waals surface area contributed by atoms with Crippen LogP contribution in [0, 0.1) is 19.7 Å². The Labute approximate surface area is 273 Å². The molecule has 47 heavy (non-hydrogen) atoms. The number of hydrogen-bond donors (Lipinski definition) is 2. The third kappa shape index (κ3) is 6.65. The molecule has 14 heteroatoms. The fraction of sp³-hybridized carbons (Fsp3) is 0.485. The lowest BCUT2D eigenvalue weighted by Gasteiger charge is -2.59. The summed E-state index contributed by atoms with van der Waals surface area (Å²) in [6.07, 6.45) is 8.03. The summed E-state index contributed by atoms with van der Waals surface area (Å²) in [6.45, 7) is 11.6.